The molecular formula is C18H20N2O3. The smallest absolute Gasteiger partial charge is 0.251 e. The zero-order valence-corrected chi connectivity index (χ0v) is 13.5. The van der Waals surface area contributed by atoms with E-state index in [0.29, 0.717) is 11.3 Å². The molecule has 23 heavy (non-hydrogen) atoms. The minimum atomic E-state index is -0.302. The molecule has 0 heterocycles. The van der Waals surface area contributed by atoms with Crippen molar-refractivity contribution < 1.29 is 14.3 Å². The van der Waals surface area contributed by atoms with E-state index >= 15 is 0 Å². The van der Waals surface area contributed by atoms with E-state index in [-0.39, 0.29) is 18.4 Å². The van der Waals surface area contributed by atoms with Crippen LogP contribution in [0.2, 0.25) is 0 Å². The summed E-state index contributed by atoms with van der Waals surface area (Å²) >= 11 is 0. The number of carbonyl (C=O) groups is 2. The van der Waals surface area contributed by atoms with Crippen molar-refractivity contribution in [3.63, 3.8) is 0 Å². The molecule has 0 bridgehead atoms. The number of rotatable bonds is 5. The number of hydrogen-bond donors (Lipinski definition) is 2. The maximum Gasteiger partial charge on any atom is 0.251 e. The highest BCUT2D eigenvalue weighted by molar-refractivity contribution is 5.99. The van der Waals surface area contributed by atoms with Crippen molar-refractivity contribution in [2.24, 2.45) is 0 Å². The normalized spacial score (nSPS) is 10.0. The van der Waals surface area contributed by atoms with E-state index in [0.717, 1.165) is 16.8 Å². The highest BCUT2D eigenvalue weighted by Crippen LogP contribution is 2.17. The van der Waals surface area contributed by atoms with Gasteiger partial charge >= 0.3 is 0 Å². The topological polar surface area (TPSA) is 67.4 Å². The molecular weight excluding hydrogens is 292 g/mol. The number of ether oxygens (including phenoxy) is 1. The van der Waals surface area contributed by atoms with Crippen LogP contribution < -0.4 is 15.4 Å². The number of methoxy groups -OCH3 is 1. The van der Waals surface area contributed by atoms with Crippen molar-refractivity contribution in [2.75, 3.05) is 19.0 Å². The number of benzene rings is 2. The molecule has 2 rings (SSSR count). The molecule has 2 aromatic rings. The number of amides is 2. The number of hydrogen-bond acceptors (Lipinski definition) is 3. The Bertz CT molecular complexity index is 709. The molecule has 0 aromatic heterocycles. The molecule has 2 N–H and O–H groups in total. The van der Waals surface area contributed by atoms with Crippen LogP contribution in [-0.2, 0) is 4.79 Å². The third-order valence-electron chi connectivity index (χ3n) is 3.64. The highest BCUT2D eigenvalue weighted by atomic mass is 16.5. The van der Waals surface area contributed by atoms with Crippen molar-refractivity contribution in [1.82, 2.24) is 5.32 Å². The largest absolute Gasteiger partial charge is 0.497 e. The molecule has 0 atom stereocenters. The maximum absolute atomic E-state index is 12.0. The zero-order chi connectivity index (χ0) is 16.8. The second kappa shape index (κ2) is 7.45. The monoisotopic (exact) mass is 312 g/mol. The Balaban J connectivity index is 1.90. The van der Waals surface area contributed by atoms with Crippen LogP contribution in [0.5, 0.6) is 5.75 Å². The summed E-state index contributed by atoms with van der Waals surface area (Å²) in [5.74, 6) is 0.110. The fourth-order valence-corrected chi connectivity index (χ4v) is 2.09. The summed E-state index contributed by atoms with van der Waals surface area (Å²) in [6.07, 6.45) is 0. The van der Waals surface area contributed by atoms with Gasteiger partial charge in [-0.1, -0.05) is 12.1 Å². The van der Waals surface area contributed by atoms with Crippen molar-refractivity contribution in [1.29, 1.82) is 0 Å². The molecule has 0 saturated heterocycles. The molecule has 0 unspecified atom stereocenters. The predicted octanol–water partition coefficient (Wildman–Crippen LogP) is 2.68. The molecule has 0 fully saturated rings. The van der Waals surface area contributed by atoms with Crippen LogP contribution in [0.25, 0.3) is 0 Å². The molecule has 5 nitrogen and oxygen atoms in total. The summed E-state index contributed by atoms with van der Waals surface area (Å²) in [7, 11) is 1.56. The predicted molar refractivity (Wildman–Crippen MR) is 89.9 cm³/mol. The Labute approximate surface area is 135 Å². The quantitative estimate of drug-likeness (QED) is 0.892. The lowest BCUT2D eigenvalue weighted by molar-refractivity contribution is -0.115. The van der Waals surface area contributed by atoms with E-state index in [1.165, 1.54) is 0 Å². The first-order chi connectivity index (χ1) is 11.0. The molecule has 2 amide bonds. The van der Waals surface area contributed by atoms with Crippen molar-refractivity contribution in [3.05, 3.63) is 59.2 Å². The molecule has 2 aromatic carbocycles. The number of carbonyl (C=O) groups excluding carboxylic acids is 2. The van der Waals surface area contributed by atoms with Gasteiger partial charge in [0.2, 0.25) is 5.91 Å². The first kappa shape index (κ1) is 16.5. The van der Waals surface area contributed by atoms with Gasteiger partial charge in [-0.2, -0.15) is 0 Å². The second-order valence-electron chi connectivity index (χ2n) is 5.21. The fourth-order valence-electron chi connectivity index (χ4n) is 2.09. The lowest BCUT2D eigenvalue weighted by Crippen LogP contribution is -2.33. The Kier molecular flexibility index (Phi) is 5.36. The van der Waals surface area contributed by atoms with Crippen LogP contribution in [0.15, 0.2) is 42.5 Å². The van der Waals surface area contributed by atoms with E-state index in [1.54, 1.807) is 31.4 Å². The van der Waals surface area contributed by atoms with Gasteiger partial charge in [0.25, 0.3) is 5.91 Å². The zero-order valence-electron chi connectivity index (χ0n) is 13.5. The highest BCUT2D eigenvalue weighted by Gasteiger charge is 2.09. The summed E-state index contributed by atoms with van der Waals surface area (Å²) < 4.78 is 5.04. The molecule has 0 spiro atoms. The standard InChI is InChI=1S/C18H20N2O3/c1-12-5-4-6-16(13(12)2)20-17(21)11-19-18(22)14-7-9-15(23-3)10-8-14/h4-10H,11H2,1-3H3,(H,19,22)(H,20,21). The van der Waals surface area contributed by atoms with Crippen LogP contribution in [0.3, 0.4) is 0 Å². The van der Waals surface area contributed by atoms with Gasteiger partial charge in [-0.05, 0) is 55.3 Å². The summed E-state index contributed by atoms with van der Waals surface area (Å²) in [5, 5.41) is 5.40. The first-order valence-corrected chi connectivity index (χ1v) is 7.29. The lowest BCUT2D eigenvalue weighted by Gasteiger charge is -2.11. The number of anilines is 1. The third kappa shape index (κ3) is 4.32. The second-order valence-corrected chi connectivity index (χ2v) is 5.21. The van der Waals surface area contributed by atoms with E-state index in [1.807, 2.05) is 32.0 Å². The Morgan fingerprint density at radius 1 is 1.04 bits per heavy atom. The molecule has 0 radical (unpaired) electrons. The van der Waals surface area contributed by atoms with Crippen LogP contribution in [0.4, 0.5) is 5.69 Å². The van der Waals surface area contributed by atoms with E-state index in [2.05, 4.69) is 10.6 Å². The van der Waals surface area contributed by atoms with Crippen molar-refractivity contribution in [2.45, 2.75) is 13.8 Å². The molecule has 0 aliphatic heterocycles. The minimum Gasteiger partial charge on any atom is -0.497 e. The molecule has 0 saturated carbocycles. The van der Waals surface area contributed by atoms with Gasteiger partial charge in [0.15, 0.2) is 0 Å². The SMILES string of the molecule is COc1ccc(C(=O)NCC(=O)Nc2cccc(C)c2C)cc1. The fraction of sp³-hybridized carbons (Fsp3) is 0.222. The summed E-state index contributed by atoms with van der Waals surface area (Å²) in [4.78, 5) is 24.0. The van der Waals surface area contributed by atoms with Crippen LogP contribution in [0, 0.1) is 13.8 Å². The third-order valence-corrected chi connectivity index (χ3v) is 3.64. The average molecular weight is 312 g/mol. The van der Waals surface area contributed by atoms with E-state index in [9.17, 15) is 9.59 Å². The lowest BCUT2D eigenvalue weighted by atomic mass is 10.1. The first-order valence-electron chi connectivity index (χ1n) is 7.29. The van der Waals surface area contributed by atoms with Crippen molar-refractivity contribution in [3.8, 4) is 5.75 Å². The summed E-state index contributed by atoms with van der Waals surface area (Å²) in [6.45, 7) is 3.84. The van der Waals surface area contributed by atoms with Gasteiger partial charge in [0, 0.05) is 11.3 Å². The van der Waals surface area contributed by atoms with Crippen LogP contribution in [0.1, 0.15) is 21.5 Å². The summed E-state index contributed by atoms with van der Waals surface area (Å²) in [6, 6.07) is 12.4. The van der Waals surface area contributed by atoms with Crippen LogP contribution >= 0.6 is 0 Å². The van der Waals surface area contributed by atoms with Gasteiger partial charge < -0.3 is 15.4 Å². The van der Waals surface area contributed by atoms with E-state index in [4.69, 9.17) is 4.74 Å². The van der Waals surface area contributed by atoms with Gasteiger partial charge in [0.05, 0.1) is 13.7 Å². The Morgan fingerprint density at radius 2 is 1.74 bits per heavy atom. The minimum absolute atomic E-state index is 0.0851. The Morgan fingerprint density at radius 3 is 2.39 bits per heavy atom. The van der Waals surface area contributed by atoms with Gasteiger partial charge in [-0.25, -0.2) is 0 Å². The van der Waals surface area contributed by atoms with E-state index < -0.39 is 0 Å². The molecule has 120 valence electrons. The number of nitrogens with one attached hydrogen (secondary N) is 2. The molecule has 5 heteroatoms. The summed E-state index contributed by atoms with van der Waals surface area (Å²) in [5.41, 5.74) is 3.35. The average Bonchev–Trinajstić information content (AvgIpc) is 2.57. The number of aryl methyl sites for hydroxylation is 1. The maximum atomic E-state index is 12.0. The van der Waals surface area contributed by atoms with Gasteiger partial charge in [-0.3, -0.25) is 9.59 Å². The molecule has 0 aliphatic carbocycles. The van der Waals surface area contributed by atoms with Crippen LogP contribution in [-0.4, -0.2) is 25.5 Å². The Hall–Kier alpha value is -2.82. The van der Waals surface area contributed by atoms with Gasteiger partial charge in [-0.15, -0.1) is 0 Å². The van der Waals surface area contributed by atoms with Gasteiger partial charge in [0.1, 0.15) is 5.75 Å². The van der Waals surface area contributed by atoms with Crippen molar-refractivity contribution >= 4 is 17.5 Å². The molecule has 0 aliphatic rings.